The van der Waals surface area contributed by atoms with E-state index in [1.807, 2.05) is 55.9 Å². The van der Waals surface area contributed by atoms with Gasteiger partial charge in [-0.05, 0) is 62.6 Å². The minimum absolute atomic E-state index is 0.120. The summed E-state index contributed by atoms with van der Waals surface area (Å²) in [6.07, 6.45) is 3.45. The number of nitrogens with zero attached hydrogens (tertiary/aromatic N) is 2. The summed E-state index contributed by atoms with van der Waals surface area (Å²) < 4.78 is 5.15. The topological polar surface area (TPSA) is 65.8 Å². The van der Waals surface area contributed by atoms with Gasteiger partial charge in [-0.2, -0.15) is 0 Å². The van der Waals surface area contributed by atoms with Gasteiger partial charge in [-0.3, -0.25) is 9.59 Å². The highest BCUT2D eigenvalue weighted by atomic mass is 16.3. The second-order valence-electron chi connectivity index (χ2n) is 7.50. The van der Waals surface area contributed by atoms with Crippen molar-refractivity contribution in [2.45, 2.75) is 39.3 Å². The molecule has 0 aliphatic heterocycles. The SMILES string of the molecule is CC(C)N(Cc1cc(NC(=O)c2ccco2)ccc1N(C)C)C(=O)C1CC1. The van der Waals surface area contributed by atoms with Crippen molar-refractivity contribution in [3.8, 4) is 0 Å². The molecule has 27 heavy (non-hydrogen) atoms. The molecule has 1 fully saturated rings. The van der Waals surface area contributed by atoms with Crippen LogP contribution >= 0.6 is 0 Å². The maximum atomic E-state index is 12.7. The molecule has 1 aliphatic carbocycles. The van der Waals surface area contributed by atoms with Gasteiger partial charge in [0.2, 0.25) is 5.91 Å². The van der Waals surface area contributed by atoms with E-state index in [4.69, 9.17) is 4.42 Å². The third-order valence-electron chi connectivity index (χ3n) is 4.74. The van der Waals surface area contributed by atoms with Crippen LogP contribution < -0.4 is 10.2 Å². The Morgan fingerprint density at radius 1 is 1.22 bits per heavy atom. The van der Waals surface area contributed by atoms with E-state index in [2.05, 4.69) is 5.32 Å². The zero-order chi connectivity index (χ0) is 19.6. The fraction of sp³-hybridized carbons (Fsp3) is 0.429. The average Bonchev–Trinajstić information content (AvgIpc) is 3.32. The Hall–Kier alpha value is -2.76. The molecule has 3 rings (SSSR count). The molecule has 144 valence electrons. The van der Waals surface area contributed by atoms with Crippen LogP contribution in [-0.4, -0.2) is 36.9 Å². The third-order valence-corrected chi connectivity index (χ3v) is 4.74. The molecule has 1 N–H and O–H groups in total. The Bertz CT molecular complexity index is 808. The Balaban J connectivity index is 1.84. The van der Waals surface area contributed by atoms with Gasteiger partial charge in [-0.1, -0.05) is 0 Å². The van der Waals surface area contributed by atoms with Crippen molar-refractivity contribution in [3.63, 3.8) is 0 Å². The lowest BCUT2D eigenvalue weighted by Gasteiger charge is -2.29. The van der Waals surface area contributed by atoms with E-state index >= 15 is 0 Å². The number of carbonyl (C=O) groups is 2. The van der Waals surface area contributed by atoms with Crippen LogP contribution in [0.4, 0.5) is 11.4 Å². The van der Waals surface area contributed by atoms with Crippen molar-refractivity contribution in [2.75, 3.05) is 24.3 Å². The predicted octanol–water partition coefficient (Wildman–Crippen LogP) is 3.74. The smallest absolute Gasteiger partial charge is 0.291 e. The fourth-order valence-corrected chi connectivity index (χ4v) is 3.09. The van der Waals surface area contributed by atoms with Crippen molar-refractivity contribution in [1.29, 1.82) is 0 Å². The van der Waals surface area contributed by atoms with Crippen LogP contribution in [0, 0.1) is 5.92 Å². The number of nitrogens with one attached hydrogen (secondary N) is 1. The Morgan fingerprint density at radius 2 is 1.96 bits per heavy atom. The Morgan fingerprint density at radius 3 is 2.52 bits per heavy atom. The molecule has 1 saturated carbocycles. The standard InChI is InChI=1S/C21H27N3O3/c1-14(2)24(21(26)15-7-8-15)13-16-12-17(9-10-18(16)23(3)4)22-20(25)19-6-5-11-27-19/h5-6,9-12,14-15H,7-8,13H2,1-4H3,(H,22,25). The molecule has 0 saturated heterocycles. The van der Waals surface area contributed by atoms with E-state index in [-0.39, 0.29) is 29.5 Å². The van der Waals surface area contributed by atoms with Gasteiger partial charge in [0.25, 0.3) is 5.91 Å². The van der Waals surface area contributed by atoms with Crippen LogP contribution in [0.3, 0.4) is 0 Å². The Kier molecular flexibility index (Phi) is 5.54. The molecule has 1 heterocycles. The van der Waals surface area contributed by atoms with Crippen LogP contribution in [0.15, 0.2) is 41.0 Å². The van der Waals surface area contributed by atoms with Crippen LogP contribution in [0.2, 0.25) is 0 Å². The molecule has 0 bridgehead atoms. The minimum Gasteiger partial charge on any atom is -0.459 e. The maximum absolute atomic E-state index is 12.7. The molecular weight excluding hydrogens is 342 g/mol. The first-order valence-corrected chi connectivity index (χ1v) is 9.32. The highest BCUT2D eigenvalue weighted by molar-refractivity contribution is 6.02. The molecule has 2 amide bonds. The summed E-state index contributed by atoms with van der Waals surface area (Å²) in [6.45, 7) is 4.60. The van der Waals surface area contributed by atoms with Crippen LogP contribution in [-0.2, 0) is 11.3 Å². The molecule has 6 nitrogen and oxygen atoms in total. The van der Waals surface area contributed by atoms with Crippen LogP contribution in [0.1, 0.15) is 42.8 Å². The number of hydrogen-bond acceptors (Lipinski definition) is 4. The van der Waals surface area contributed by atoms with Crippen LogP contribution in [0.5, 0.6) is 0 Å². The number of furan rings is 1. The van der Waals surface area contributed by atoms with E-state index in [1.165, 1.54) is 6.26 Å². The van der Waals surface area contributed by atoms with Gasteiger partial charge in [0.05, 0.1) is 6.26 Å². The molecule has 6 heteroatoms. The minimum atomic E-state index is -0.293. The molecule has 2 aromatic rings. The van der Waals surface area contributed by atoms with E-state index < -0.39 is 0 Å². The van der Waals surface area contributed by atoms with E-state index in [9.17, 15) is 9.59 Å². The Labute approximate surface area is 160 Å². The number of amides is 2. The number of benzene rings is 1. The first-order valence-electron chi connectivity index (χ1n) is 9.32. The lowest BCUT2D eigenvalue weighted by Crippen LogP contribution is -2.37. The molecular formula is C21H27N3O3. The molecule has 0 radical (unpaired) electrons. The summed E-state index contributed by atoms with van der Waals surface area (Å²) in [5.74, 6) is 0.371. The van der Waals surface area contributed by atoms with E-state index in [1.54, 1.807) is 12.1 Å². The summed E-state index contributed by atoms with van der Waals surface area (Å²) in [5.41, 5.74) is 2.71. The van der Waals surface area contributed by atoms with Gasteiger partial charge < -0.3 is 19.5 Å². The maximum Gasteiger partial charge on any atom is 0.291 e. The summed E-state index contributed by atoms with van der Waals surface area (Å²) in [5, 5.41) is 2.86. The summed E-state index contributed by atoms with van der Waals surface area (Å²) in [6, 6.07) is 9.19. The third kappa shape index (κ3) is 4.51. The van der Waals surface area contributed by atoms with Crippen molar-refractivity contribution < 1.29 is 14.0 Å². The van der Waals surface area contributed by atoms with Crippen molar-refractivity contribution in [1.82, 2.24) is 4.90 Å². The highest BCUT2D eigenvalue weighted by Gasteiger charge is 2.34. The fourth-order valence-electron chi connectivity index (χ4n) is 3.09. The van der Waals surface area contributed by atoms with Crippen molar-refractivity contribution >= 4 is 23.2 Å². The van der Waals surface area contributed by atoms with Crippen LogP contribution in [0.25, 0.3) is 0 Å². The van der Waals surface area contributed by atoms with Gasteiger partial charge in [-0.15, -0.1) is 0 Å². The number of anilines is 2. The van der Waals surface area contributed by atoms with Gasteiger partial charge in [0, 0.05) is 44.0 Å². The first kappa shape index (κ1) is 19.0. The molecule has 1 aromatic heterocycles. The zero-order valence-electron chi connectivity index (χ0n) is 16.4. The second kappa shape index (κ2) is 7.86. The molecule has 0 atom stereocenters. The average molecular weight is 369 g/mol. The van der Waals surface area contributed by atoms with Gasteiger partial charge in [-0.25, -0.2) is 0 Å². The quantitative estimate of drug-likeness (QED) is 0.807. The molecule has 1 aliphatic rings. The van der Waals surface area contributed by atoms with E-state index in [0.29, 0.717) is 12.2 Å². The van der Waals surface area contributed by atoms with Crippen molar-refractivity contribution in [3.05, 3.63) is 47.9 Å². The number of carbonyl (C=O) groups excluding carboxylic acids is 2. The highest BCUT2D eigenvalue weighted by Crippen LogP contribution is 2.33. The summed E-state index contributed by atoms with van der Waals surface area (Å²) in [7, 11) is 3.95. The van der Waals surface area contributed by atoms with Gasteiger partial charge in [0.15, 0.2) is 5.76 Å². The normalized spacial score (nSPS) is 13.5. The second-order valence-corrected chi connectivity index (χ2v) is 7.50. The molecule has 0 spiro atoms. The van der Waals surface area contributed by atoms with Gasteiger partial charge in [0.1, 0.15) is 0 Å². The first-order chi connectivity index (χ1) is 12.9. The molecule has 0 unspecified atom stereocenters. The zero-order valence-corrected chi connectivity index (χ0v) is 16.4. The molecule has 1 aromatic carbocycles. The summed E-state index contributed by atoms with van der Waals surface area (Å²) >= 11 is 0. The van der Waals surface area contributed by atoms with Gasteiger partial charge >= 0.3 is 0 Å². The lowest BCUT2D eigenvalue weighted by molar-refractivity contribution is -0.134. The lowest BCUT2D eigenvalue weighted by atomic mass is 10.1. The predicted molar refractivity (Wildman–Crippen MR) is 106 cm³/mol. The number of hydrogen-bond donors (Lipinski definition) is 1. The summed E-state index contributed by atoms with van der Waals surface area (Å²) in [4.78, 5) is 28.9. The monoisotopic (exact) mass is 369 g/mol. The number of rotatable bonds is 7. The largest absolute Gasteiger partial charge is 0.459 e. The van der Waals surface area contributed by atoms with E-state index in [0.717, 1.165) is 24.1 Å². The van der Waals surface area contributed by atoms with Crippen molar-refractivity contribution in [2.24, 2.45) is 5.92 Å².